The van der Waals surface area contributed by atoms with Crippen molar-refractivity contribution < 1.29 is 4.74 Å². The monoisotopic (exact) mass is 478 g/mol. The Hall–Kier alpha value is -2.67. The van der Waals surface area contributed by atoms with Gasteiger partial charge in [0.05, 0.1) is 11.9 Å². The maximum absolute atomic E-state index is 6.28. The number of hydrogen-bond acceptors (Lipinski definition) is 4. The molecule has 1 saturated heterocycles. The molecule has 0 bridgehead atoms. The van der Waals surface area contributed by atoms with E-state index in [1.165, 1.54) is 16.7 Å². The van der Waals surface area contributed by atoms with Crippen LogP contribution in [-0.2, 0) is 23.2 Å². The zero-order chi connectivity index (χ0) is 22.7. The first-order valence-electron chi connectivity index (χ1n) is 11.3. The van der Waals surface area contributed by atoms with Gasteiger partial charge in [0.15, 0.2) is 5.11 Å². The number of benzene rings is 2. The van der Waals surface area contributed by atoms with Crippen molar-refractivity contribution in [3.05, 3.63) is 88.6 Å². The average Bonchev–Trinajstić information content (AvgIpc) is 3.28. The van der Waals surface area contributed by atoms with Crippen molar-refractivity contribution in [3.63, 3.8) is 0 Å². The third-order valence-electron chi connectivity index (χ3n) is 6.64. The summed E-state index contributed by atoms with van der Waals surface area (Å²) >= 11 is 11.9. The highest BCUT2D eigenvalue weighted by atomic mass is 35.5. The summed E-state index contributed by atoms with van der Waals surface area (Å²) in [5.41, 5.74) is 4.78. The summed E-state index contributed by atoms with van der Waals surface area (Å²) in [5, 5.41) is 8.05. The average molecular weight is 479 g/mol. The fourth-order valence-electron chi connectivity index (χ4n) is 4.71. The molecule has 1 fully saturated rings. The quantitative estimate of drug-likeness (QED) is 0.486. The maximum Gasteiger partial charge on any atom is 0.170 e. The Labute approximate surface area is 205 Å². The van der Waals surface area contributed by atoms with Crippen molar-refractivity contribution in [3.8, 4) is 0 Å². The van der Waals surface area contributed by atoms with Gasteiger partial charge < -0.3 is 20.3 Å². The number of rotatable bonds is 5. The molecule has 0 radical (unpaired) electrons. The maximum atomic E-state index is 6.28. The molecule has 33 heavy (non-hydrogen) atoms. The third-order valence-corrected chi connectivity index (χ3v) is 7.13. The number of halogens is 1. The number of aromatic nitrogens is 1. The standard InChI is InChI=1S/C26H27ClN4OS/c27-22-7-3-6-21(14-22)26(10-12-32-13-11-26)18-29-25(33)30-23-8-9-24(28-15-23)31-16-19-4-1-2-5-20(19)17-31/h1-9,14-15H,10-13,16-18H2,(H2,29,30,33). The Balaban J connectivity index is 1.20. The predicted octanol–water partition coefficient (Wildman–Crippen LogP) is 5.29. The van der Waals surface area contributed by atoms with E-state index in [0.29, 0.717) is 5.11 Å². The first kappa shape index (κ1) is 22.1. The summed E-state index contributed by atoms with van der Waals surface area (Å²) in [6, 6.07) is 20.8. The minimum Gasteiger partial charge on any atom is -0.381 e. The molecule has 170 valence electrons. The highest BCUT2D eigenvalue weighted by Gasteiger charge is 2.34. The van der Waals surface area contributed by atoms with Gasteiger partial charge in [0.2, 0.25) is 0 Å². The van der Waals surface area contributed by atoms with Gasteiger partial charge in [-0.2, -0.15) is 0 Å². The van der Waals surface area contributed by atoms with Crippen LogP contribution in [0.1, 0.15) is 29.5 Å². The van der Waals surface area contributed by atoms with Crippen molar-refractivity contribution in [2.45, 2.75) is 31.3 Å². The van der Waals surface area contributed by atoms with Crippen LogP contribution < -0.4 is 15.5 Å². The Morgan fingerprint density at radius 3 is 2.45 bits per heavy atom. The molecule has 2 aliphatic rings. The molecule has 3 aromatic rings. The summed E-state index contributed by atoms with van der Waals surface area (Å²) in [6.07, 6.45) is 3.70. The van der Waals surface area contributed by atoms with E-state index < -0.39 is 0 Å². The van der Waals surface area contributed by atoms with Crippen LogP contribution in [0.3, 0.4) is 0 Å². The van der Waals surface area contributed by atoms with E-state index in [1.807, 2.05) is 30.5 Å². The highest BCUT2D eigenvalue weighted by Crippen LogP contribution is 2.35. The molecule has 0 spiro atoms. The molecule has 0 amide bonds. The van der Waals surface area contributed by atoms with E-state index in [1.54, 1.807) is 0 Å². The molecule has 7 heteroatoms. The second-order valence-corrected chi connectivity index (χ2v) is 9.59. The second-order valence-electron chi connectivity index (χ2n) is 8.74. The van der Waals surface area contributed by atoms with Crippen LogP contribution in [-0.4, -0.2) is 29.9 Å². The molecule has 5 rings (SSSR count). The van der Waals surface area contributed by atoms with Gasteiger partial charge in [0.1, 0.15) is 5.82 Å². The number of anilines is 2. The molecule has 2 aliphatic heterocycles. The summed E-state index contributed by atoms with van der Waals surface area (Å²) in [5.74, 6) is 0.970. The molecule has 0 aliphatic carbocycles. The Morgan fingerprint density at radius 2 is 1.79 bits per heavy atom. The Morgan fingerprint density at radius 1 is 1.03 bits per heavy atom. The lowest BCUT2D eigenvalue weighted by Gasteiger charge is -2.38. The number of thiocarbonyl (C=S) groups is 1. The number of fused-ring (bicyclic) bond motifs is 1. The van der Waals surface area contributed by atoms with Crippen molar-refractivity contribution in [1.82, 2.24) is 10.3 Å². The van der Waals surface area contributed by atoms with E-state index in [-0.39, 0.29) is 5.41 Å². The molecule has 0 atom stereocenters. The molecular weight excluding hydrogens is 452 g/mol. The number of ether oxygens (including phenoxy) is 1. The number of pyridine rings is 1. The molecule has 5 nitrogen and oxygen atoms in total. The van der Waals surface area contributed by atoms with E-state index >= 15 is 0 Å². The first-order valence-corrected chi connectivity index (χ1v) is 12.1. The van der Waals surface area contributed by atoms with Gasteiger partial charge in [-0.25, -0.2) is 4.98 Å². The highest BCUT2D eigenvalue weighted by molar-refractivity contribution is 7.80. The summed E-state index contributed by atoms with van der Waals surface area (Å²) in [6.45, 7) is 3.98. The van der Waals surface area contributed by atoms with Gasteiger partial charge in [-0.15, -0.1) is 0 Å². The van der Waals surface area contributed by atoms with Crippen LogP contribution in [0, 0.1) is 0 Å². The zero-order valence-electron chi connectivity index (χ0n) is 18.4. The van der Waals surface area contributed by atoms with Gasteiger partial charge in [-0.05, 0) is 66.0 Å². The van der Waals surface area contributed by atoms with Crippen LogP contribution in [0.15, 0.2) is 66.9 Å². The van der Waals surface area contributed by atoms with E-state index in [4.69, 9.17) is 28.6 Å². The third kappa shape index (κ3) is 4.98. The van der Waals surface area contributed by atoms with E-state index in [0.717, 1.165) is 62.2 Å². The summed E-state index contributed by atoms with van der Waals surface area (Å²) in [7, 11) is 0. The topological polar surface area (TPSA) is 49.4 Å². The van der Waals surface area contributed by atoms with Crippen molar-refractivity contribution in [2.24, 2.45) is 0 Å². The van der Waals surface area contributed by atoms with Crippen LogP contribution in [0.2, 0.25) is 5.02 Å². The molecule has 3 heterocycles. The van der Waals surface area contributed by atoms with Crippen LogP contribution in [0.5, 0.6) is 0 Å². The zero-order valence-corrected chi connectivity index (χ0v) is 20.0. The minimum absolute atomic E-state index is 0.0538. The molecule has 0 saturated carbocycles. The smallest absolute Gasteiger partial charge is 0.170 e. The van der Waals surface area contributed by atoms with Gasteiger partial charge in [-0.1, -0.05) is 48.0 Å². The molecule has 2 aromatic carbocycles. The lowest BCUT2D eigenvalue weighted by atomic mass is 9.74. The number of hydrogen-bond donors (Lipinski definition) is 2. The lowest BCUT2D eigenvalue weighted by molar-refractivity contribution is 0.0515. The minimum atomic E-state index is -0.0538. The van der Waals surface area contributed by atoms with Crippen molar-refractivity contribution in [2.75, 3.05) is 30.0 Å². The molecule has 1 aromatic heterocycles. The fourth-order valence-corrected chi connectivity index (χ4v) is 5.10. The Kier molecular flexibility index (Phi) is 6.49. The summed E-state index contributed by atoms with van der Waals surface area (Å²) < 4.78 is 5.63. The van der Waals surface area contributed by atoms with Crippen molar-refractivity contribution >= 4 is 40.4 Å². The van der Waals surface area contributed by atoms with Gasteiger partial charge in [0, 0.05) is 43.3 Å². The molecular formula is C26H27ClN4OS. The normalized spacial score (nSPS) is 16.8. The number of nitrogens with zero attached hydrogens (tertiary/aromatic N) is 2. The van der Waals surface area contributed by atoms with Crippen LogP contribution in [0.25, 0.3) is 0 Å². The molecule has 2 N–H and O–H groups in total. The van der Waals surface area contributed by atoms with Crippen molar-refractivity contribution in [1.29, 1.82) is 0 Å². The van der Waals surface area contributed by atoms with Gasteiger partial charge in [0.25, 0.3) is 0 Å². The van der Waals surface area contributed by atoms with Crippen LogP contribution >= 0.6 is 23.8 Å². The van der Waals surface area contributed by atoms with Crippen LogP contribution in [0.4, 0.5) is 11.5 Å². The van der Waals surface area contributed by atoms with Gasteiger partial charge >= 0.3 is 0 Å². The lowest BCUT2D eigenvalue weighted by Crippen LogP contribution is -2.45. The SMILES string of the molecule is S=C(NCC1(c2cccc(Cl)c2)CCOCC1)Nc1ccc(N2Cc3ccccc3C2)nc1. The van der Waals surface area contributed by atoms with Gasteiger partial charge in [-0.3, -0.25) is 0 Å². The fraction of sp³-hybridized carbons (Fsp3) is 0.308. The Bertz CT molecular complexity index is 1110. The largest absolute Gasteiger partial charge is 0.381 e. The molecule has 0 unspecified atom stereocenters. The second kappa shape index (κ2) is 9.67. The van der Waals surface area contributed by atoms with E-state index in [2.05, 4.69) is 56.9 Å². The first-order chi connectivity index (χ1) is 16.1. The predicted molar refractivity (Wildman–Crippen MR) is 138 cm³/mol. The number of nitrogens with one attached hydrogen (secondary N) is 2. The van der Waals surface area contributed by atoms with E-state index in [9.17, 15) is 0 Å². The summed E-state index contributed by atoms with van der Waals surface area (Å²) in [4.78, 5) is 6.95.